The summed E-state index contributed by atoms with van der Waals surface area (Å²) in [7, 11) is 1.98. The van der Waals surface area contributed by atoms with Crippen molar-refractivity contribution in [2.24, 2.45) is 12.8 Å². The Bertz CT molecular complexity index is 350. The van der Waals surface area contributed by atoms with E-state index in [1.54, 1.807) is 0 Å². The van der Waals surface area contributed by atoms with Crippen molar-refractivity contribution in [2.75, 3.05) is 19.6 Å². The van der Waals surface area contributed by atoms with Gasteiger partial charge < -0.3 is 5.73 Å². The fraction of sp³-hybridized carbons (Fsp3) is 0.769. The highest BCUT2D eigenvalue weighted by Gasteiger charge is 2.23. The molecule has 1 unspecified atom stereocenters. The first-order valence-electron chi connectivity index (χ1n) is 6.66. The van der Waals surface area contributed by atoms with E-state index in [1.807, 2.05) is 11.7 Å². The van der Waals surface area contributed by atoms with E-state index in [4.69, 9.17) is 5.73 Å². The van der Waals surface area contributed by atoms with E-state index in [9.17, 15) is 0 Å². The zero-order chi connectivity index (χ0) is 12.3. The van der Waals surface area contributed by atoms with Gasteiger partial charge in [0.05, 0.1) is 11.7 Å². The standard InChI is InChI=1S/C13H24N4/c1-11-12(10-16(2)15-11)13(9-14)17-7-5-3-4-6-8-17/h10,13H,3-9,14H2,1-2H3. The molecule has 1 saturated heterocycles. The summed E-state index contributed by atoms with van der Waals surface area (Å²) >= 11 is 0. The molecule has 1 aliphatic heterocycles. The third kappa shape index (κ3) is 2.87. The summed E-state index contributed by atoms with van der Waals surface area (Å²) in [5, 5.41) is 4.43. The van der Waals surface area contributed by atoms with Gasteiger partial charge in [-0.15, -0.1) is 0 Å². The Kier molecular flexibility index (Phi) is 4.18. The van der Waals surface area contributed by atoms with E-state index in [0.717, 1.165) is 5.69 Å². The molecule has 0 aromatic carbocycles. The van der Waals surface area contributed by atoms with Crippen molar-refractivity contribution >= 4 is 0 Å². The average molecular weight is 236 g/mol. The van der Waals surface area contributed by atoms with Gasteiger partial charge in [0.15, 0.2) is 0 Å². The van der Waals surface area contributed by atoms with Crippen LogP contribution in [-0.4, -0.2) is 34.3 Å². The number of nitrogens with two attached hydrogens (primary N) is 1. The summed E-state index contributed by atoms with van der Waals surface area (Å²) in [4.78, 5) is 2.54. The molecule has 2 rings (SSSR count). The maximum absolute atomic E-state index is 5.99. The van der Waals surface area contributed by atoms with Crippen LogP contribution in [0.25, 0.3) is 0 Å². The zero-order valence-corrected chi connectivity index (χ0v) is 11.0. The van der Waals surface area contributed by atoms with Crippen LogP contribution in [0.15, 0.2) is 6.20 Å². The molecular weight excluding hydrogens is 212 g/mol. The topological polar surface area (TPSA) is 47.1 Å². The van der Waals surface area contributed by atoms with E-state index >= 15 is 0 Å². The highest BCUT2D eigenvalue weighted by molar-refractivity contribution is 5.20. The molecule has 2 N–H and O–H groups in total. The predicted molar refractivity (Wildman–Crippen MR) is 69.8 cm³/mol. The zero-order valence-electron chi connectivity index (χ0n) is 11.0. The second-order valence-electron chi connectivity index (χ2n) is 5.05. The molecule has 1 aliphatic rings. The highest BCUT2D eigenvalue weighted by Crippen LogP contribution is 2.25. The third-order valence-corrected chi connectivity index (χ3v) is 3.72. The van der Waals surface area contributed by atoms with Gasteiger partial charge >= 0.3 is 0 Å². The van der Waals surface area contributed by atoms with Crippen molar-refractivity contribution in [3.8, 4) is 0 Å². The molecular formula is C13H24N4. The number of hydrogen-bond donors (Lipinski definition) is 1. The smallest absolute Gasteiger partial charge is 0.0641 e. The van der Waals surface area contributed by atoms with Crippen molar-refractivity contribution in [1.82, 2.24) is 14.7 Å². The van der Waals surface area contributed by atoms with E-state index in [1.165, 1.54) is 44.3 Å². The number of aromatic nitrogens is 2. The van der Waals surface area contributed by atoms with Gasteiger partial charge in [-0.25, -0.2) is 0 Å². The minimum Gasteiger partial charge on any atom is -0.329 e. The van der Waals surface area contributed by atoms with Crippen LogP contribution in [0.5, 0.6) is 0 Å². The van der Waals surface area contributed by atoms with Crippen LogP contribution >= 0.6 is 0 Å². The van der Waals surface area contributed by atoms with E-state index in [0.29, 0.717) is 12.6 Å². The fourth-order valence-electron chi connectivity index (χ4n) is 2.82. The Morgan fingerprint density at radius 2 is 1.94 bits per heavy atom. The molecule has 1 aromatic rings. The average Bonchev–Trinajstić information content (AvgIpc) is 2.55. The molecule has 0 spiro atoms. The molecule has 0 aliphatic carbocycles. The van der Waals surface area contributed by atoms with E-state index in [2.05, 4.69) is 23.1 Å². The first-order valence-corrected chi connectivity index (χ1v) is 6.66. The summed E-state index contributed by atoms with van der Waals surface area (Å²) in [6, 6.07) is 0.349. The summed E-state index contributed by atoms with van der Waals surface area (Å²) < 4.78 is 1.89. The van der Waals surface area contributed by atoms with Gasteiger partial charge in [0.2, 0.25) is 0 Å². The Hall–Kier alpha value is -0.870. The highest BCUT2D eigenvalue weighted by atomic mass is 15.3. The molecule has 17 heavy (non-hydrogen) atoms. The quantitative estimate of drug-likeness (QED) is 0.867. The number of likely N-dealkylation sites (tertiary alicyclic amines) is 1. The third-order valence-electron chi connectivity index (χ3n) is 3.72. The van der Waals surface area contributed by atoms with Gasteiger partial charge in [0.25, 0.3) is 0 Å². The fourth-order valence-corrected chi connectivity index (χ4v) is 2.82. The first kappa shape index (κ1) is 12.6. The lowest BCUT2D eigenvalue weighted by atomic mass is 10.1. The number of hydrogen-bond acceptors (Lipinski definition) is 3. The van der Waals surface area contributed by atoms with Gasteiger partial charge in [-0.1, -0.05) is 12.8 Å². The predicted octanol–water partition coefficient (Wildman–Crippen LogP) is 1.60. The normalized spacial score (nSPS) is 20.2. The van der Waals surface area contributed by atoms with Crippen LogP contribution in [-0.2, 0) is 7.05 Å². The van der Waals surface area contributed by atoms with Crippen LogP contribution < -0.4 is 5.73 Å². The van der Waals surface area contributed by atoms with Crippen molar-refractivity contribution in [3.63, 3.8) is 0 Å². The van der Waals surface area contributed by atoms with E-state index < -0.39 is 0 Å². The second-order valence-corrected chi connectivity index (χ2v) is 5.05. The molecule has 96 valence electrons. The molecule has 0 radical (unpaired) electrons. The lowest BCUT2D eigenvalue weighted by Gasteiger charge is -2.29. The molecule has 1 fully saturated rings. The number of nitrogens with zero attached hydrogens (tertiary/aromatic N) is 3. The Morgan fingerprint density at radius 3 is 2.41 bits per heavy atom. The van der Waals surface area contributed by atoms with Crippen LogP contribution in [0, 0.1) is 6.92 Å². The molecule has 4 heteroatoms. The summed E-state index contributed by atoms with van der Waals surface area (Å²) in [6.45, 7) is 5.12. The van der Waals surface area contributed by atoms with Gasteiger partial charge in [-0.05, 0) is 32.9 Å². The molecule has 0 bridgehead atoms. The summed E-state index contributed by atoms with van der Waals surface area (Å²) in [5.41, 5.74) is 8.41. The summed E-state index contributed by atoms with van der Waals surface area (Å²) in [5.74, 6) is 0. The molecule has 1 aromatic heterocycles. The maximum Gasteiger partial charge on any atom is 0.0641 e. The number of aryl methyl sites for hydroxylation is 2. The van der Waals surface area contributed by atoms with Gasteiger partial charge in [0.1, 0.15) is 0 Å². The molecule has 2 heterocycles. The van der Waals surface area contributed by atoms with Crippen molar-refractivity contribution in [2.45, 2.75) is 38.6 Å². The molecule has 0 saturated carbocycles. The van der Waals surface area contributed by atoms with Gasteiger partial charge in [-0.2, -0.15) is 5.10 Å². The number of rotatable bonds is 3. The molecule has 0 amide bonds. The van der Waals surface area contributed by atoms with Crippen LogP contribution in [0.4, 0.5) is 0 Å². The minimum atomic E-state index is 0.349. The maximum atomic E-state index is 5.99. The lowest BCUT2D eigenvalue weighted by Crippen LogP contribution is -2.34. The molecule has 1 atom stereocenters. The monoisotopic (exact) mass is 236 g/mol. The second kappa shape index (κ2) is 5.65. The largest absolute Gasteiger partial charge is 0.329 e. The lowest BCUT2D eigenvalue weighted by molar-refractivity contribution is 0.209. The Morgan fingerprint density at radius 1 is 1.29 bits per heavy atom. The first-order chi connectivity index (χ1) is 8.22. The Labute approximate surface area is 104 Å². The summed E-state index contributed by atoms with van der Waals surface area (Å²) in [6.07, 6.45) is 7.45. The van der Waals surface area contributed by atoms with Gasteiger partial charge in [-0.3, -0.25) is 9.58 Å². The van der Waals surface area contributed by atoms with Gasteiger partial charge in [0, 0.05) is 25.4 Å². The Balaban J connectivity index is 2.16. The molecule has 4 nitrogen and oxygen atoms in total. The van der Waals surface area contributed by atoms with Crippen molar-refractivity contribution < 1.29 is 0 Å². The van der Waals surface area contributed by atoms with Crippen LogP contribution in [0.1, 0.15) is 43.0 Å². The van der Waals surface area contributed by atoms with E-state index in [-0.39, 0.29) is 0 Å². The van der Waals surface area contributed by atoms with Crippen LogP contribution in [0.2, 0.25) is 0 Å². The van der Waals surface area contributed by atoms with Crippen molar-refractivity contribution in [3.05, 3.63) is 17.5 Å². The van der Waals surface area contributed by atoms with Crippen LogP contribution in [0.3, 0.4) is 0 Å². The van der Waals surface area contributed by atoms with Crippen molar-refractivity contribution in [1.29, 1.82) is 0 Å². The minimum absolute atomic E-state index is 0.349. The SMILES string of the molecule is Cc1nn(C)cc1C(CN)N1CCCCCC1.